The number of carbonyl (C=O) groups is 1. The summed E-state index contributed by atoms with van der Waals surface area (Å²) in [4.78, 5) is 16.4. The Labute approximate surface area is 136 Å². The van der Waals surface area contributed by atoms with E-state index in [1.54, 1.807) is 0 Å². The number of nitrogens with zero attached hydrogens (tertiary/aromatic N) is 2. The maximum atomic E-state index is 12.0. The second kappa shape index (κ2) is 8.03. The quantitative estimate of drug-likeness (QED) is 0.795. The zero-order valence-corrected chi connectivity index (χ0v) is 14.2. The molecule has 0 saturated carbocycles. The van der Waals surface area contributed by atoms with Crippen molar-refractivity contribution < 1.29 is 4.79 Å². The molecule has 0 radical (unpaired) electrons. The molecule has 0 saturated heterocycles. The Kier molecular flexibility index (Phi) is 6.07. The van der Waals surface area contributed by atoms with Crippen LogP contribution in [0.25, 0.3) is 11.3 Å². The molecule has 1 amide bonds. The highest BCUT2D eigenvalue weighted by molar-refractivity contribution is 7.99. The molecule has 0 fully saturated rings. The van der Waals surface area contributed by atoms with Crippen molar-refractivity contribution in [3.8, 4) is 11.3 Å². The fraction of sp³-hybridized carbons (Fsp3) is 0.412. The third-order valence-corrected chi connectivity index (χ3v) is 4.74. The smallest absolute Gasteiger partial charge is 0.230 e. The predicted molar refractivity (Wildman–Crippen MR) is 91.9 cm³/mol. The molecule has 0 unspecified atom stereocenters. The summed E-state index contributed by atoms with van der Waals surface area (Å²) in [5.74, 6) is 0.471. The fourth-order valence-corrected chi connectivity index (χ4v) is 3.06. The monoisotopic (exact) mass is 317 g/mol. The summed E-state index contributed by atoms with van der Waals surface area (Å²) in [6, 6.07) is 10.4. The molecule has 1 heterocycles. The lowest BCUT2D eigenvalue weighted by molar-refractivity contribution is -0.119. The van der Waals surface area contributed by atoms with Crippen molar-refractivity contribution in [2.75, 3.05) is 5.75 Å². The van der Waals surface area contributed by atoms with Crippen LogP contribution in [0.4, 0.5) is 0 Å². The van der Waals surface area contributed by atoms with Crippen molar-refractivity contribution in [1.82, 2.24) is 14.9 Å². The van der Waals surface area contributed by atoms with Gasteiger partial charge in [-0.05, 0) is 18.4 Å². The van der Waals surface area contributed by atoms with Gasteiger partial charge in [-0.1, -0.05) is 55.9 Å². The molecule has 0 bridgehead atoms. The first-order valence-electron chi connectivity index (χ1n) is 7.65. The molecule has 0 atom stereocenters. The molecule has 5 heteroatoms. The van der Waals surface area contributed by atoms with Gasteiger partial charge in [0, 0.05) is 13.1 Å². The van der Waals surface area contributed by atoms with Gasteiger partial charge >= 0.3 is 0 Å². The first kappa shape index (κ1) is 16.6. The average Bonchev–Trinajstić information content (AvgIpc) is 2.92. The number of benzene rings is 1. The van der Waals surface area contributed by atoms with Crippen molar-refractivity contribution in [2.24, 2.45) is 7.05 Å². The van der Waals surface area contributed by atoms with Crippen LogP contribution in [0.15, 0.2) is 41.7 Å². The summed E-state index contributed by atoms with van der Waals surface area (Å²) in [6.07, 6.45) is 3.79. The molecular weight excluding hydrogens is 294 g/mol. The number of amides is 1. The van der Waals surface area contributed by atoms with Gasteiger partial charge in [-0.2, -0.15) is 0 Å². The molecule has 1 aromatic heterocycles. The molecule has 2 aromatic rings. The standard InChI is InChI=1S/C17H23N3OS/c1-4-14(5-2)19-16(21)12-22-17-18-11-15(20(17)3)13-9-7-6-8-10-13/h6-11,14H,4-5,12H2,1-3H3,(H,19,21). The van der Waals surface area contributed by atoms with Crippen LogP contribution < -0.4 is 5.32 Å². The molecule has 2 rings (SSSR count). The largest absolute Gasteiger partial charge is 0.353 e. The predicted octanol–water partition coefficient (Wildman–Crippen LogP) is 3.48. The summed E-state index contributed by atoms with van der Waals surface area (Å²) in [7, 11) is 1.98. The van der Waals surface area contributed by atoms with E-state index in [2.05, 4.69) is 36.3 Å². The lowest BCUT2D eigenvalue weighted by atomic mass is 10.2. The lowest BCUT2D eigenvalue weighted by Crippen LogP contribution is -2.35. The summed E-state index contributed by atoms with van der Waals surface area (Å²) >= 11 is 1.47. The third kappa shape index (κ3) is 4.13. The molecule has 0 aliphatic rings. The second-order valence-electron chi connectivity index (χ2n) is 5.22. The lowest BCUT2D eigenvalue weighted by Gasteiger charge is -2.14. The van der Waals surface area contributed by atoms with E-state index in [-0.39, 0.29) is 11.9 Å². The molecule has 22 heavy (non-hydrogen) atoms. The van der Waals surface area contributed by atoms with Gasteiger partial charge in [0.05, 0.1) is 17.6 Å². The van der Waals surface area contributed by atoms with Crippen LogP contribution in [0.1, 0.15) is 26.7 Å². The fourth-order valence-electron chi connectivity index (χ4n) is 2.30. The Hall–Kier alpha value is -1.75. The topological polar surface area (TPSA) is 46.9 Å². The van der Waals surface area contributed by atoms with E-state index in [4.69, 9.17) is 0 Å². The average molecular weight is 317 g/mol. The molecule has 0 spiro atoms. The van der Waals surface area contributed by atoms with Crippen LogP contribution in [0.3, 0.4) is 0 Å². The van der Waals surface area contributed by atoms with Crippen molar-refractivity contribution in [3.63, 3.8) is 0 Å². The molecule has 118 valence electrons. The van der Waals surface area contributed by atoms with Gasteiger partial charge < -0.3 is 9.88 Å². The minimum absolute atomic E-state index is 0.0722. The van der Waals surface area contributed by atoms with Crippen molar-refractivity contribution in [2.45, 2.75) is 37.9 Å². The summed E-state index contributed by atoms with van der Waals surface area (Å²) in [6.45, 7) is 4.18. The Morgan fingerprint density at radius 1 is 1.27 bits per heavy atom. The Morgan fingerprint density at radius 2 is 1.95 bits per heavy atom. The summed E-state index contributed by atoms with van der Waals surface area (Å²) in [5, 5.41) is 3.91. The molecule has 0 aliphatic heterocycles. The summed E-state index contributed by atoms with van der Waals surface area (Å²) < 4.78 is 2.03. The Bertz CT molecular complexity index is 606. The van der Waals surface area contributed by atoms with Gasteiger partial charge in [0.1, 0.15) is 0 Å². The van der Waals surface area contributed by atoms with Gasteiger partial charge in [0.25, 0.3) is 0 Å². The van der Waals surface area contributed by atoms with Gasteiger partial charge in [0.2, 0.25) is 5.91 Å². The minimum Gasteiger partial charge on any atom is -0.353 e. The van der Waals surface area contributed by atoms with E-state index < -0.39 is 0 Å². The van der Waals surface area contributed by atoms with E-state index in [0.717, 1.165) is 29.3 Å². The highest BCUT2D eigenvalue weighted by Gasteiger charge is 2.12. The van der Waals surface area contributed by atoms with E-state index in [1.165, 1.54) is 11.8 Å². The van der Waals surface area contributed by atoms with Crippen LogP contribution in [-0.4, -0.2) is 27.3 Å². The van der Waals surface area contributed by atoms with Gasteiger partial charge in [0.15, 0.2) is 5.16 Å². The van der Waals surface area contributed by atoms with Crippen LogP contribution in [0.2, 0.25) is 0 Å². The van der Waals surface area contributed by atoms with E-state index >= 15 is 0 Å². The molecule has 0 aliphatic carbocycles. The highest BCUT2D eigenvalue weighted by Crippen LogP contribution is 2.24. The number of rotatable bonds is 7. The number of thioether (sulfide) groups is 1. The van der Waals surface area contributed by atoms with Gasteiger partial charge in [-0.25, -0.2) is 4.98 Å². The molecular formula is C17H23N3OS. The van der Waals surface area contributed by atoms with Crippen LogP contribution >= 0.6 is 11.8 Å². The van der Waals surface area contributed by atoms with Gasteiger partial charge in [-0.3, -0.25) is 4.79 Å². The normalized spacial score (nSPS) is 10.9. The molecule has 1 aromatic carbocycles. The number of aromatic nitrogens is 2. The van der Waals surface area contributed by atoms with E-state index in [9.17, 15) is 4.79 Å². The van der Waals surface area contributed by atoms with Crippen molar-refractivity contribution in [1.29, 1.82) is 0 Å². The third-order valence-electron chi connectivity index (χ3n) is 3.70. The maximum Gasteiger partial charge on any atom is 0.230 e. The Balaban J connectivity index is 1.97. The number of nitrogens with one attached hydrogen (secondary N) is 1. The van der Waals surface area contributed by atoms with Crippen molar-refractivity contribution >= 4 is 17.7 Å². The van der Waals surface area contributed by atoms with Crippen LogP contribution in [0, 0.1) is 0 Å². The maximum absolute atomic E-state index is 12.0. The van der Waals surface area contributed by atoms with E-state index in [0.29, 0.717) is 5.75 Å². The SMILES string of the molecule is CCC(CC)NC(=O)CSc1ncc(-c2ccccc2)n1C. The summed E-state index contributed by atoms with van der Waals surface area (Å²) in [5.41, 5.74) is 2.19. The zero-order chi connectivity index (χ0) is 15.9. The first-order valence-corrected chi connectivity index (χ1v) is 8.63. The number of hydrogen-bond acceptors (Lipinski definition) is 3. The zero-order valence-electron chi connectivity index (χ0n) is 13.4. The van der Waals surface area contributed by atoms with E-state index in [1.807, 2.05) is 36.0 Å². The van der Waals surface area contributed by atoms with Crippen LogP contribution in [-0.2, 0) is 11.8 Å². The molecule has 1 N–H and O–H groups in total. The Morgan fingerprint density at radius 3 is 2.59 bits per heavy atom. The number of imidazole rings is 1. The van der Waals surface area contributed by atoms with Crippen LogP contribution in [0.5, 0.6) is 0 Å². The number of carbonyl (C=O) groups excluding carboxylic acids is 1. The molecule has 4 nitrogen and oxygen atoms in total. The minimum atomic E-state index is 0.0722. The van der Waals surface area contributed by atoms with Crippen molar-refractivity contribution in [3.05, 3.63) is 36.5 Å². The van der Waals surface area contributed by atoms with Gasteiger partial charge in [-0.15, -0.1) is 0 Å². The first-order chi connectivity index (χ1) is 10.7. The highest BCUT2D eigenvalue weighted by atomic mass is 32.2. The second-order valence-corrected chi connectivity index (χ2v) is 6.16. The number of hydrogen-bond donors (Lipinski definition) is 1.